The number of hydrogen-bond acceptors (Lipinski definition) is 13. The molecule has 0 bridgehead atoms. The average Bonchev–Trinajstić information content (AvgIpc) is 3.30. The third-order valence-electron chi connectivity index (χ3n) is 10.5. The summed E-state index contributed by atoms with van der Waals surface area (Å²) in [6.07, 6.45) is 9.06. The molecule has 6 heterocycles. The van der Waals surface area contributed by atoms with E-state index >= 15 is 0 Å². The van der Waals surface area contributed by atoms with Crippen molar-refractivity contribution in [3.63, 3.8) is 0 Å². The molecule has 4 aromatic rings. The van der Waals surface area contributed by atoms with Gasteiger partial charge in [0.05, 0.1) is 11.1 Å². The number of pyridine rings is 2. The molecule has 2 amide bonds. The second-order valence-corrected chi connectivity index (χ2v) is 14.8. The van der Waals surface area contributed by atoms with Crippen molar-refractivity contribution in [2.45, 2.75) is 34.6 Å². The van der Waals surface area contributed by atoms with Crippen LogP contribution in [0.2, 0.25) is 0 Å². The fourth-order valence-electron chi connectivity index (χ4n) is 6.99. The first-order valence-electron chi connectivity index (χ1n) is 20.9. The zero-order chi connectivity index (χ0) is 46.9. The fraction of sp³-hybridized carbons (Fsp3) is 0.370. The predicted molar refractivity (Wildman–Crippen MR) is 248 cm³/mol. The maximum Gasteiger partial charge on any atom is 0.300 e. The van der Waals surface area contributed by atoms with Gasteiger partial charge in [-0.1, -0.05) is 38.1 Å². The standard InChI is InChI=1S/2C22H26N6O2.C2H4O2/c2*1-4-8-24-21(29)17(15-23)14-18-20(27-12-10-26(5-2)11-13-27)25-19-16(3)7-6-9-28(19)22(18)30;1-2(3)4/h2*4,6-7,9,14H,1,5,8,10-13H2,2-3H3,(H,24,29);1H3,(H,3,4)/b2*17-14+;. The molecule has 18 nitrogen and oxygen atoms in total. The van der Waals surface area contributed by atoms with Crippen LogP contribution >= 0.6 is 0 Å². The van der Waals surface area contributed by atoms with Crippen LogP contribution < -0.4 is 31.6 Å². The molecule has 0 aliphatic carbocycles. The Morgan fingerprint density at radius 2 is 1.05 bits per heavy atom. The molecule has 2 saturated heterocycles. The number of aryl methyl sites for hydroxylation is 2. The highest BCUT2D eigenvalue weighted by atomic mass is 16.4. The Morgan fingerprint density at radius 1 is 0.703 bits per heavy atom. The van der Waals surface area contributed by atoms with Crippen molar-refractivity contribution in [1.29, 1.82) is 10.5 Å². The van der Waals surface area contributed by atoms with Crippen molar-refractivity contribution in [1.82, 2.24) is 39.2 Å². The Morgan fingerprint density at radius 3 is 1.34 bits per heavy atom. The number of anilines is 2. The van der Waals surface area contributed by atoms with Crippen LogP contribution in [-0.2, 0) is 14.4 Å². The summed E-state index contributed by atoms with van der Waals surface area (Å²) in [5.41, 5.74) is 2.49. The maximum atomic E-state index is 13.3. The molecule has 2 aliphatic rings. The van der Waals surface area contributed by atoms with Crippen LogP contribution in [0.5, 0.6) is 0 Å². The highest BCUT2D eigenvalue weighted by Crippen LogP contribution is 2.23. The number of likely N-dealkylation sites (N-methyl/N-ethyl adjacent to an activating group) is 2. The summed E-state index contributed by atoms with van der Waals surface area (Å²) in [7, 11) is 0. The minimum Gasteiger partial charge on any atom is -0.481 e. The summed E-state index contributed by atoms with van der Waals surface area (Å²) in [5.74, 6) is -0.913. The molecule has 0 radical (unpaired) electrons. The predicted octanol–water partition coefficient (Wildman–Crippen LogP) is 2.80. The van der Waals surface area contributed by atoms with Crippen molar-refractivity contribution in [3.8, 4) is 12.1 Å². The van der Waals surface area contributed by atoms with Crippen LogP contribution in [0.4, 0.5) is 11.6 Å². The maximum absolute atomic E-state index is 13.3. The van der Waals surface area contributed by atoms with Crippen LogP contribution in [0, 0.1) is 36.5 Å². The van der Waals surface area contributed by atoms with Crippen molar-refractivity contribution in [2.24, 2.45) is 0 Å². The van der Waals surface area contributed by atoms with E-state index in [1.54, 1.807) is 24.5 Å². The van der Waals surface area contributed by atoms with E-state index < -0.39 is 17.8 Å². The number of piperazine rings is 2. The number of amides is 2. The quantitative estimate of drug-likeness (QED) is 0.106. The minimum atomic E-state index is -0.833. The first-order valence-corrected chi connectivity index (χ1v) is 20.9. The topological polar surface area (TPSA) is 225 Å². The summed E-state index contributed by atoms with van der Waals surface area (Å²) < 4.78 is 2.92. The third kappa shape index (κ3) is 12.4. The molecule has 0 saturated carbocycles. The van der Waals surface area contributed by atoms with Gasteiger partial charge in [-0.05, 0) is 62.3 Å². The molecular formula is C46H56N12O6. The SMILES string of the molecule is C=CCNC(=O)/C(C#N)=C/c1c(N2CCN(CC)CC2)nc2c(C)cccn2c1=O.C=CCNC(=O)/C(C#N)=C/c1c(N2CCN(CC)CC2)nc2c(C)cccn2c1=O.CC(=O)O. The first kappa shape index (κ1) is 49.2. The summed E-state index contributed by atoms with van der Waals surface area (Å²) in [4.78, 5) is 78.7. The summed E-state index contributed by atoms with van der Waals surface area (Å²) >= 11 is 0. The number of aliphatic carboxylic acids is 1. The molecule has 3 N–H and O–H groups in total. The summed E-state index contributed by atoms with van der Waals surface area (Å²) in [6.45, 7) is 24.9. The van der Waals surface area contributed by atoms with Gasteiger partial charge in [0.2, 0.25) is 0 Å². The molecule has 18 heteroatoms. The van der Waals surface area contributed by atoms with Gasteiger partial charge in [-0.15, -0.1) is 13.2 Å². The number of carboxylic acid groups (broad SMARTS) is 1. The molecular weight excluding hydrogens is 817 g/mol. The van der Waals surface area contributed by atoms with E-state index in [0.717, 1.165) is 57.3 Å². The fourth-order valence-corrected chi connectivity index (χ4v) is 6.99. The van der Waals surface area contributed by atoms with E-state index in [4.69, 9.17) is 19.9 Å². The third-order valence-corrected chi connectivity index (χ3v) is 10.5. The van der Waals surface area contributed by atoms with Crippen LogP contribution in [0.25, 0.3) is 23.4 Å². The number of hydrogen-bond donors (Lipinski definition) is 3. The molecule has 0 atom stereocenters. The number of carbonyl (C=O) groups excluding carboxylic acids is 2. The van der Waals surface area contributed by atoms with Gasteiger partial charge in [0.25, 0.3) is 28.9 Å². The molecule has 0 unspecified atom stereocenters. The summed E-state index contributed by atoms with van der Waals surface area (Å²) in [5, 5.41) is 31.6. The lowest BCUT2D eigenvalue weighted by Gasteiger charge is -2.35. The van der Waals surface area contributed by atoms with E-state index in [9.17, 15) is 29.7 Å². The number of nitriles is 2. The largest absolute Gasteiger partial charge is 0.481 e. The van der Waals surface area contributed by atoms with Gasteiger partial charge in [-0.25, -0.2) is 9.97 Å². The number of carbonyl (C=O) groups is 3. The molecule has 4 aromatic heterocycles. The second kappa shape index (κ2) is 23.7. The molecule has 2 aliphatic heterocycles. The second-order valence-electron chi connectivity index (χ2n) is 14.8. The molecule has 2 fully saturated rings. The highest BCUT2D eigenvalue weighted by Gasteiger charge is 2.25. The number of fused-ring (bicyclic) bond motifs is 2. The lowest BCUT2D eigenvalue weighted by Crippen LogP contribution is -2.47. The first-order chi connectivity index (χ1) is 30.7. The number of aromatic nitrogens is 4. The van der Waals surface area contributed by atoms with E-state index in [1.165, 1.54) is 33.1 Å². The Bertz CT molecular complexity index is 2460. The van der Waals surface area contributed by atoms with Gasteiger partial charge in [0.1, 0.15) is 46.2 Å². The number of rotatable bonds is 12. The smallest absolute Gasteiger partial charge is 0.300 e. The van der Waals surface area contributed by atoms with Crippen molar-refractivity contribution in [3.05, 3.63) is 116 Å². The number of nitrogens with one attached hydrogen (secondary N) is 2. The van der Waals surface area contributed by atoms with E-state index in [1.807, 2.05) is 38.1 Å². The van der Waals surface area contributed by atoms with Crippen LogP contribution in [0.15, 0.2) is 82.7 Å². The lowest BCUT2D eigenvalue weighted by atomic mass is 10.1. The number of carboxylic acids is 1. The zero-order valence-electron chi connectivity index (χ0n) is 37.1. The molecule has 6 rings (SSSR count). The van der Waals surface area contributed by atoms with E-state index in [-0.39, 0.29) is 46.5 Å². The van der Waals surface area contributed by atoms with Gasteiger partial charge >= 0.3 is 0 Å². The summed E-state index contributed by atoms with van der Waals surface area (Å²) in [6, 6.07) is 11.2. The van der Waals surface area contributed by atoms with Gasteiger partial charge in [0, 0.05) is 84.8 Å². The monoisotopic (exact) mass is 872 g/mol. The molecule has 336 valence electrons. The van der Waals surface area contributed by atoms with Gasteiger partial charge in [-0.2, -0.15) is 10.5 Å². The molecule has 64 heavy (non-hydrogen) atoms. The van der Waals surface area contributed by atoms with Crippen molar-refractivity contribution >= 4 is 52.9 Å². The van der Waals surface area contributed by atoms with E-state index in [2.05, 4.69) is 57.2 Å². The van der Waals surface area contributed by atoms with Crippen LogP contribution in [0.1, 0.15) is 43.0 Å². The average molecular weight is 873 g/mol. The normalized spacial score (nSPS) is 14.5. The minimum absolute atomic E-state index is 0.142. The number of nitrogens with zero attached hydrogens (tertiary/aromatic N) is 10. The van der Waals surface area contributed by atoms with Crippen LogP contribution in [0.3, 0.4) is 0 Å². The lowest BCUT2D eigenvalue weighted by molar-refractivity contribution is -0.134. The Labute approximate surface area is 372 Å². The molecule has 0 aromatic carbocycles. The van der Waals surface area contributed by atoms with Gasteiger partial charge in [-0.3, -0.25) is 32.8 Å². The van der Waals surface area contributed by atoms with Crippen molar-refractivity contribution in [2.75, 3.05) is 88.3 Å². The Kier molecular flexibility index (Phi) is 18.2. The molecule has 0 spiro atoms. The van der Waals surface area contributed by atoms with Gasteiger partial charge in [0.15, 0.2) is 0 Å². The Hall–Kier alpha value is -7.41. The van der Waals surface area contributed by atoms with E-state index in [0.29, 0.717) is 49.1 Å². The highest BCUT2D eigenvalue weighted by molar-refractivity contribution is 6.03. The zero-order valence-corrected chi connectivity index (χ0v) is 37.1. The van der Waals surface area contributed by atoms with Crippen LogP contribution in [-0.4, -0.2) is 130 Å². The Balaban J connectivity index is 0.000000259. The van der Waals surface area contributed by atoms with Gasteiger partial charge < -0.3 is 35.3 Å². The van der Waals surface area contributed by atoms with Crippen molar-refractivity contribution < 1.29 is 19.5 Å².